The summed E-state index contributed by atoms with van der Waals surface area (Å²) in [5.41, 5.74) is 0.903. The molecule has 3 fully saturated rings. The van der Waals surface area contributed by atoms with Crippen molar-refractivity contribution in [3.05, 3.63) is 35.9 Å². The van der Waals surface area contributed by atoms with Gasteiger partial charge in [-0.05, 0) is 31.2 Å². The molecule has 1 aromatic carbocycles. The van der Waals surface area contributed by atoms with Gasteiger partial charge in [0, 0.05) is 6.54 Å². The predicted molar refractivity (Wildman–Crippen MR) is 72.5 cm³/mol. The Morgan fingerprint density at radius 3 is 2.75 bits per heavy atom. The number of hydroxylamine groups is 2. The van der Waals surface area contributed by atoms with E-state index < -0.39 is 0 Å². The Morgan fingerprint density at radius 2 is 2.00 bits per heavy atom. The van der Waals surface area contributed by atoms with Gasteiger partial charge in [-0.25, -0.2) is 5.06 Å². The molecule has 1 spiro atoms. The number of rotatable bonds is 3. The second-order valence-corrected chi connectivity index (χ2v) is 6.17. The number of carbonyl (C=O) groups excluding carboxylic acids is 1. The Bertz CT molecular complexity index is 506. The summed E-state index contributed by atoms with van der Waals surface area (Å²) in [7, 11) is 0. The lowest BCUT2D eigenvalue weighted by molar-refractivity contribution is -0.211. The average molecular weight is 273 g/mol. The van der Waals surface area contributed by atoms with Crippen molar-refractivity contribution in [2.45, 2.75) is 44.5 Å². The Kier molecular flexibility index (Phi) is 2.82. The molecule has 4 nitrogen and oxygen atoms in total. The van der Waals surface area contributed by atoms with Gasteiger partial charge in [0.05, 0.1) is 17.6 Å². The van der Waals surface area contributed by atoms with Crippen molar-refractivity contribution in [1.29, 1.82) is 0 Å². The fraction of sp³-hybridized carbons (Fsp3) is 0.562. The molecule has 2 saturated heterocycles. The molecule has 1 aromatic rings. The van der Waals surface area contributed by atoms with Crippen LogP contribution >= 0.6 is 0 Å². The first-order valence-corrected chi connectivity index (χ1v) is 7.41. The maximum atomic E-state index is 12.7. The summed E-state index contributed by atoms with van der Waals surface area (Å²) in [6, 6.07) is 9.99. The van der Waals surface area contributed by atoms with Crippen LogP contribution < -0.4 is 0 Å². The molecule has 1 unspecified atom stereocenters. The highest BCUT2D eigenvalue weighted by Crippen LogP contribution is 2.54. The van der Waals surface area contributed by atoms with Crippen LogP contribution in [0.2, 0.25) is 0 Å². The number of hydrogen-bond acceptors (Lipinski definition) is 3. The van der Waals surface area contributed by atoms with E-state index in [-0.39, 0.29) is 11.3 Å². The third-order valence-corrected chi connectivity index (χ3v) is 4.80. The zero-order chi connectivity index (χ0) is 13.6. The third kappa shape index (κ3) is 2.03. The summed E-state index contributed by atoms with van der Waals surface area (Å²) in [6.07, 6.45) is 4.48. The topological polar surface area (TPSA) is 42.1 Å². The van der Waals surface area contributed by atoms with E-state index in [0.29, 0.717) is 25.4 Å². The summed E-state index contributed by atoms with van der Waals surface area (Å²) in [4.78, 5) is 18.4. The van der Waals surface area contributed by atoms with Gasteiger partial charge in [0.1, 0.15) is 6.61 Å². The fourth-order valence-corrected chi connectivity index (χ4v) is 3.65. The van der Waals surface area contributed by atoms with Gasteiger partial charge in [-0.3, -0.25) is 9.63 Å². The maximum Gasteiger partial charge on any atom is 0.252 e. The highest BCUT2D eigenvalue weighted by molar-refractivity contribution is 5.83. The van der Waals surface area contributed by atoms with Crippen molar-refractivity contribution < 1.29 is 14.4 Å². The first-order valence-electron chi connectivity index (χ1n) is 7.41. The molecule has 1 aliphatic carbocycles. The zero-order valence-electron chi connectivity index (χ0n) is 11.5. The van der Waals surface area contributed by atoms with Crippen molar-refractivity contribution in [2.75, 3.05) is 6.54 Å². The standard InChI is InChI=1S/C16H19NO3/c18-15-16(9-13-14(10-16)20-13)7-4-8-17(15)19-11-12-5-2-1-3-6-12/h1-3,5-6,13-14H,4,7-11H2/t13-,14+,16?. The number of benzene rings is 1. The summed E-state index contributed by atoms with van der Waals surface area (Å²) in [5.74, 6) is 0.176. The summed E-state index contributed by atoms with van der Waals surface area (Å²) < 4.78 is 5.48. The molecule has 106 valence electrons. The molecule has 2 aliphatic heterocycles. The molecule has 0 radical (unpaired) electrons. The van der Waals surface area contributed by atoms with E-state index in [9.17, 15) is 4.79 Å². The fourth-order valence-electron chi connectivity index (χ4n) is 3.65. The second kappa shape index (κ2) is 4.57. The summed E-state index contributed by atoms with van der Waals surface area (Å²) >= 11 is 0. The predicted octanol–water partition coefficient (Wildman–Crippen LogP) is 2.29. The van der Waals surface area contributed by atoms with Crippen molar-refractivity contribution >= 4 is 5.91 Å². The van der Waals surface area contributed by atoms with Crippen molar-refractivity contribution in [1.82, 2.24) is 5.06 Å². The largest absolute Gasteiger partial charge is 0.370 e. The van der Waals surface area contributed by atoms with Crippen LogP contribution in [0.25, 0.3) is 0 Å². The molecular weight excluding hydrogens is 254 g/mol. The molecule has 1 saturated carbocycles. The molecule has 4 rings (SSSR count). The number of hydrogen-bond donors (Lipinski definition) is 0. The molecule has 1 amide bonds. The van der Waals surface area contributed by atoms with Crippen molar-refractivity contribution in [2.24, 2.45) is 5.41 Å². The van der Waals surface area contributed by atoms with E-state index in [1.807, 2.05) is 30.3 Å². The van der Waals surface area contributed by atoms with Crippen LogP contribution in [0.5, 0.6) is 0 Å². The Balaban J connectivity index is 1.42. The minimum Gasteiger partial charge on any atom is -0.370 e. The molecule has 4 heteroatoms. The normalized spacial score (nSPS) is 35.4. The van der Waals surface area contributed by atoms with E-state index in [4.69, 9.17) is 9.57 Å². The number of amides is 1. The lowest BCUT2D eigenvalue weighted by atomic mass is 9.77. The van der Waals surface area contributed by atoms with Gasteiger partial charge < -0.3 is 4.74 Å². The molecule has 3 atom stereocenters. The van der Waals surface area contributed by atoms with Crippen LogP contribution in [0.15, 0.2) is 30.3 Å². The van der Waals surface area contributed by atoms with Crippen LogP contribution in [-0.2, 0) is 21.0 Å². The molecule has 3 aliphatic rings. The van der Waals surface area contributed by atoms with E-state index in [0.717, 1.165) is 31.2 Å². The number of fused-ring (bicyclic) bond motifs is 1. The van der Waals surface area contributed by atoms with Gasteiger partial charge in [-0.1, -0.05) is 30.3 Å². The number of piperidine rings is 1. The number of nitrogens with zero attached hydrogens (tertiary/aromatic N) is 1. The number of ether oxygens (including phenoxy) is 1. The monoisotopic (exact) mass is 273 g/mol. The Morgan fingerprint density at radius 1 is 1.25 bits per heavy atom. The SMILES string of the molecule is O=C1N(OCc2ccccc2)CCCC12C[C@@H]1O[C@@H]1C2. The Hall–Kier alpha value is -1.39. The third-order valence-electron chi connectivity index (χ3n) is 4.80. The number of carbonyl (C=O) groups is 1. The van der Waals surface area contributed by atoms with Gasteiger partial charge in [-0.15, -0.1) is 0 Å². The van der Waals surface area contributed by atoms with Gasteiger partial charge in [0.25, 0.3) is 5.91 Å². The van der Waals surface area contributed by atoms with Crippen LogP contribution in [0.3, 0.4) is 0 Å². The van der Waals surface area contributed by atoms with Gasteiger partial charge in [0.2, 0.25) is 0 Å². The van der Waals surface area contributed by atoms with E-state index in [2.05, 4.69) is 0 Å². The first-order chi connectivity index (χ1) is 9.77. The van der Waals surface area contributed by atoms with Gasteiger partial charge >= 0.3 is 0 Å². The molecule has 2 heterocycles. The molecule has 0 aromatic heterocycles. The van der Waals surface area contributed by atoms with Crippen LogP contribution in [0, 0.1) is 5.41 Å². The molecule has 0 bridgehead atoms. The lowest BCUT2D eigenvalue weighted by Gasteiger charge is -2.39. The van der Waals surface area contributed by atoms with Crippen LogP contribution in [-0.4, -0.2) is 29.7 Å². The first kappa shape index (κ1) is 12.4. The molecular formula is C16H19NO3. The zero-order valence-corrected chi connectivity index (χ0v) is 11.5. The average Bonchev–Trinajstić information content (AvgIpc) is 3.10. The van der Waals surface area contributed by atoms with E-state index >= 15 is 0 Å². The van der Waals surface area contributed by atoms with Gasteiger partial charge in [0.15, 0.2) is 0 Å². The Labute approximate surface area is 118 Å². The summed E-state index contributed by atoms with van der Waals surface area (Å²) in [6.45, 7) is 1.18. The quantitative estimate of drug-likeness (QED) is 0.793. The number of epoxide rings is 1. The van der Waals surface area contributed by atoms with Crippen molar-refractivity contribution in [3.8, 4) is 0 Å². The van der Waals surface area contributed by atoms with Crippen LogP contribution in [0.4, 0.5) is 0 Å². The second-order valence-electron chi connectivity index (χ2n) is 6.17. The summed E-state index contributed by atoms with van der Waals surface area (Å²) in [5, 5.41) is 1.60. The maximum absolute atomic E-state index is 12.7. The van der Waals surface area contributed by atoms with Crippen molar-refractivity contribution in [3.63, 3.8) is 0 Å². The lowest BCUT2D eigenvalue weighted by Crippen LogP contribution is -2.48. The van der Waals surface area contributed by atoms with Gasteiger partial charge in [-0.2, -0.15) is 0 Å². The minimum absolute atomic E-state index is 0.176. The van der Waals surface area contributed by atoms with E-state index in [1.165, 1.54) is 0 Å². The highest BCUT2D eigenvalue weighted by Gasteiger charge is 2.60. The highest BCUT2D eigenvalue weighted by atomic mass is 16.7. The van der Waals surface area contributed by atoms with Crippen LogP contribution in [0.1, 0.15) is 31.2 Å². The van der Waals surface area contributed by atoms with E-state index in [1.54, 1.807) is 5.06 Å². The molecule has 0 N–H and O–H groups in total. The minimum atomic E-state index is -0.192. The smallest absolute Gasteiger partial charge is 0.252 e. The molecule has 20 heavy (non-hydrogen) atoms.